The monoisotopic (exact) mass is 481 g/mol. The van der Waals surface area contributed by atoms with E-state index in [0.29, 0.717) is 11.3 Å². The third-order valence-corrected chi connectivity index (χ3v) is 5.22. The fraction of sp³-hybridized carbons (Fsp3) is 0.0952. The van der Waals surface area contributed by atoms with E-state index in [1.807, 2.05) is 19.1 Å². The number of aliphatic carboxylic acids is 1. The minimum Gasteiger partial charge on any atom is -0.475 e. The number of hydrogen-bond acceptors (Lipinski definition) is 5. The van der Waals surface area contributed by atoms with E-state index in [2.05, 4.69) is 15.0 Å². The molecule has 3 rings (SSSR count). The van der Waals surface area contributed by atoms with Gasteiger partial charge in [-0.2, -0.15) is 13.2 Å². The van der Waals surface area contributed by atoms with Crippen LogP contribution in [0.5, 0.6) is 0 Å². The quantitative estimate of drug-likeness (QED) is 0.504. The Kier molecular flexibility index (Phi) is 8.13. The standard InChI is InChI=1S/C19H17N3O3S.C2HF3O2/c1-14-5-4-6-15(13-14)19(23)21-16-8-10-17(11-9-16)26(24,25)22-18-7-2-3-12-20-18;3-2(4,5)1(6)7/h2-13H,1H3,(H,20,22)(H,21,23);(H,6,7). The summed E-state index contributed by atoms with van der Waals surface area (Å²) in [6, 6.07) is 18.1. The summed E-state index contributed by atoms with van der Waals surface area (Å²) in [5.41, 5.74) is 2.03. The zero-order valence-corrected chi connectivity index (χ0v) is 17.8. The van der Waals surface area contributed by atoms with Crippen molar-refractivity contribution in [2.75, 3.05) is 10.0 Å². The highest BCUT2D eigenvalue weighted by molar-refractivity contribution is 7.92. The Morgan fingerprint density at radius 2 is 1.61 bits per heavy atom. The number of aryl methyl sites for hydroxylation is 1. The number of carbonyl (C=O) groups excluding carboxylic acids is 1. The number of nitrogens with one attached hydrogen (secondary N) is 2. The van der Waals surface area contributed by atoms with Crippen LogP contribution in [-0.2, 0) is 14.8 Å². The molecule has 0 aliphatic carbocycles. The molecule has 0 spiro atoms. The van der Waals surface area contributed by atoms with E-state index < -0.39 is 22.2 Å². The van der Waals surface area contributed by atoms with Crippen LogP contribution in [0.2, 0.25) is 0 Å². The van der Waals surface area contributed by atoms with Gasteiger partial charge in [-0.25, -0.2) is 18.2 Å². The van der Waals surface area contributed by atoms with Gasteiger partial charge in [0.1, 0.15) is 5.82 Å². The van der Waals surface area contributed by atoms with Gasteiger partial charge in [0.15, 0.2) is 0 Å². The summed E-state index contributed by atoms with van der Waals surface area (Å²) in [5, 5.41) is 9.87. The zero-order chi connectivity index (χ0) is 24.6. The summed E-state index contributed by atoms with van der Waals surface area (Å²) in [6.45, 7) is 1.91. The minimum absolute atomic E-state index is 0.0803. The van der Waals surface area contributed by atoms with Crippen molar-refractivity contribution in [3.8, 4) is 0 Å². The van der Waals surface area contributed by atoms with E-state index >= 15 is 0 Å². The van der Waals surface area contributed by atoms with E-state index in [1.165, 1.54) is 18.3 Å². The van der Waals surface area contributed by atoms with Gasteiger partial charge in [0, 0.05) is 17.4 Å². The first-order valence-electron chi connectivity index (χ1n) is 9.10. The van der Waals surface area contributed by atoms with Crippen LogP contribution >= 0.6 is 0 Å². The van der Waals surface area contributed by atoms with E-state index in [1.54, 1.807) is 42.5 Å². The Morgan fingerprint density at radius 1 is 0.970 bits per heavy atom. The number of hydrogen-bond donors (Lipinski definition) is 3. The van der Waals surface area contributed by atoms with Gasteiger partial charge in [0.25, 0.3) is 15.9 Å². The molecule has 2 aromatic carbocycles. The second-order valence-corrected chi connectivity index (χ2v) is 8.15. The van der Waals surface area contributed by atoms with Crippen molar-refractivity contribution in [1.82, 2.24) is 4.98 Å². The Hall–Kier alpha value is -3.93. The Labute approximate surface area is 187 Å². The van der Waals surface area contributed by atoms with Crippen molar-refractivity contribution < 1.29 is 36.3 Å². The summed E-state index contributed by atoms with van der Waals surface area (Å²) in [5.74, 6) is -2.77. The van der Waals surface area contributed by atoms with E-state index in [9.17, 15) is 26.4 Å². The molecule has 0 aliphatic rings. The molecule has 0 unspecified atom stereocenters. The van der Waals surface area contributed by atoms with Crippen LogP contribution in [0, 0.1) is 6.92 Å². The molecule has 0 saturated heterocycles. The number of sulfonamides is 1. The van der Waals surface area contributed by atoms with Crippen molar-refractivity contribution >= 4 is 33.4 Å². The predicted molar refractivity (Wildman–Crippen MR) is 114 cm³/mol. The number of benzene rings is 2. The molecule has 174 valence electrons. The van der Waals surface area contributed by atoms with Crippen molar-refractivity contribution in [3.05, 3.63) is 84.1 Å². The molecule has 0 radical (unpaired) electrons. The van der Waals surface area contributed by atoms with Crippen LogP contribution < -0.4 is 10.0 Å². The average Bonchev–Trinajstić information content (AvgIpc) is 2.74. The maximum Gasteiger partial charge on any atom is 0.490 e. The third-order valence-electron chi connectivity index (χ3n) is 3.85. The number of halogens is 3. The van der Waals surface area contributed by atoms with Gasteiger partial charge >= 0.3 is 12.1 Å². The molecule has 3 N–H and O–H groups in total. The molecule has 1 aromatic heterocycles. The second kappa shape index (κ2) is 10.6. The molecule has 1 amide bonds. The molecular formula is C21H18F3N3O5S. The number of rotatable bonds is 5. The van der Waals surface area contributed by atoms with Crippen molar-refractivity contribution in [1.29, 1.82) is 0 Å². The molecule has 1 heterocycles. The zero-order valence-electron chi connectivity index (χ0n) is 17.0. The molecule has 0 saturated carbocycles. The topological polar surface area (TPSA) is 125 Å². The first kappa shape index (κ1) is 25.3. The first-order valence-corrected chi connectivity index (χ1v) is 10.6. The number of carboxylic acid groups (broad SMARTS) is 1. The molecule has 3 aromatic rings. The minimum atomic E-state index is -5.08. The third kappa shape index (κ3) is 7.92. The normalized spacial score (nSPS) is 11.0. The number of anilines is 2. The van der Waals surface area contributed by atoms with Gasteiger partial charge in [-0.05, 0) is 55.5 Å². The predicted octanol–water partition coefficient (Wildman–Crippen LogP) is 4.08. The summed E-state index contributed by atoms with van der Waals surface area (Å²) >= 11 is 0. The van der Waals surface area contributed by atoms with Gasteiger partial charge in [0.2, 0.25) is 0 Å². The molecular weight excluding hydrogens is 463 g/mol. The first-order chi connectivity index (χ1) is 15.4. The summed E-state index contributed by atoms with van der Waals surface area (Å²) in [4.78, 5) is 25.2. The SMILES string of the molecule is Cc1cccc(C(=O)Nc2ccc(S(=O)(=O)Nc3ccccn3)cc2)c1.O=C(O)C(F)(F)F. The maximum absolute atomic E-state index is 12.4. The Balaban J connectivity index is 0.000000479. The molecule has 0 fully saturated rings. The van der Waals surface area contributed by atoms with E-state index in [-0.39, 0.29) is 16.6 Å². The number of alkyl halides is 3. The Morgan fingerprint density at radius 3 is 2.12 bits per heavy atom. The summed E-state index contributed by atoms with van der Waals surface area (Å²) in [6.07, 6.45) is -3.58. The highest BCUT2D eigenvalue weighted by Crippen LogP contribution is 2.18. The van der Waals surface area contributed by atoms with Crippen molar-refractivity contribution in [3.63, 3.8) is 0 Å². The highest BCUT2D eigenvalue weighted by atomic mass is 32.2. The molecule has 33 heavy (non-hydrogen) atoms. The lowest BCUT2D eigenvalue weighted by Gasteiger charge is -2.09. The number of carboxylic acids is 1. The molecule has 8 nitrogen and oxygen atoms in total. The van der Waals surface area contributed by atoms with Crippen LogP contribution in [-0.4, -0.2) is 36.6 Å². The van der Waals surface area contributed by atoms with Crippen molar-refractivity contribution in [2.45, 2.75) is 18.0 Å². The number of aromatic nitrogens is 1. The molecule has 12 heteroatoms. The van der Waals surface area contributed by atoms with Gasteiger partial charge in [-0.15, -0.1) is 0 Å². The van der Waals surface area contributed by atoms with E-state index in [0.717, 1.165) is 5.56 Å². The lowest BCUT2D eigenvalue weighted by atomic mass is 10.1. The highest BCUT2D eigenvalue weighted by Gasteiger charge is 2.38. The lowest BCUT2D eigenvalue weighted by Crippen LogP contribution is -2.21. The number of amides is 1. The Bertz CT molecular complexity index is 1220. The summed E-state index contributed by atoms with van der Waals surface area (Å²) in [7, 11) is -3.74. The number of pyridine rings is 1. The lowest BCUT2D eigenvalue weighted by molar-refractivity contribution is -0.192. The summed E-state index contributed by atoms with van der Waals surface area (Å²) < 4.78 is 58.8. The van der Waals surface area contributed by atoms with Gasteiger partial charge in [-0.1, -0.05) is 23.8 Å². The largest absolute Gasteiger partial charge is 0.490 e. The maximum atomic E-state index is 12.4. The average molecular weight is 481 g/mol. The number of nitrogens with zero attached hydrogens (tertiary/aromatic N) is 1. The molecule has 0 atom stereocenters. The van der Waals surface area contributed by atoms with Crippen molar-refractivity contribution in [2.24, 2.45) is 0 Å². The van der Waals surface area contributed by atoms with Gasteiger partial charge in [-0.3, -0.25) is 9.52 Å². The van der Waals surface area contributed by atoms with Crippen LogP contribution in [0.3, 0.4) is 0 Å². The molecule has 0 aliphatic heterocycles. The fourth-order valence-electron chi connectivity index (χ4n) is 2.33. The fourth-order valence-corrected chi connectivity index (χ4v) is 3.34. The molecule has 0 bridgehead atoms. The number of carbonyl (C=O) groups is 2. The van der Waals surface area contributed by atoms with E-state index in [4.69, 9.17) is 9.90 Å². The second-order valence-electron chi connectivity index (χ2n) is 6.47. The van der Waals surface area contributed by atoms with Gasteiger partial charge in [0.05, 0.1) is 4.90 Å². The van der Waals surface area contributed by atoms with Crippen LogP contribution in [0.25, 0.3) is 0 Å². The van der Waals surface area contributed by atoms with Crippen LogP contribution in [0.4, 0.5) is 24.7 Å². The van der Waals surface area contributed by atoms with Crippen LogP contribution in [0.15, 0.2) is 77.8 Å². The van der Waals surface area contributed by atoms with Crippen LogP contribution in [0.1, 0.15) is 15.9 Å². The smallest absolute Gasteiger partial charge is 0.475 e. The van der Waals surface area contributed by atoms with Gasteiger partial charge < -0.3 is 10.4 Å².